The van der Waals surface area contributed by atoms with Crippen LogP contribution in [0.15, 0.2) is 42.6 Å². The number of piperidine rings is 1. The molecule has 1 amide bonds. The Morgan fingerprint density at radius 3 is 2.75 bits per heavy atom. The standard InChI is InChI=1S/C29H39N5O2/c1-29(2,3)34(28(35)36)17-9-10-21(20-34)18-33-24-14-6-5-13-23(24)31-26(33)19-32(4)25-15-7-11-22-12-8-16-30-27(22)25/h5-6,8,12-14,16,21,25H,7,9-11,15,17-20H2,1-4H3/t21-,25-,34?/m0/s1. The van der Waals surface area contributed by atoms with Gasteiger partial charge in [0.25, 0.3) is 6.09 Å². The van der Waals surface area contributed by atoms with Gasteiger partial charge in [0.15, 0.2) is 0 Å². The number of aromatic nitrogens is 3. The highest BCUT2D eigenvalue weighted by atomic mass is 16.4. The number of nitrogens with zero attached hydrogens (tertiary/aromatic N) is 5. The second kappa shape index (κ2) is 9.60. The molecule has 2 aromatic heterocycles. The van der Waals surface area contributed by atoms with Gasteiger partial charge in [0.2, 0.25) is 0 Å². The van der Waals surface area contributed by atoms with Crippen LogP contribution in [0.25, 0.3) is 11.0 Å². The first kappa shape index (κ1) is 24.9. The van der Waals surface area contributed by atoms with Crippen LogP contribution >= 0.6 is 0 Å². The number of amides is 1. The summed E-state index contributed by atoms with van der Waals surface area (Å²) in [6.45, 7) is 8.79. The Balaban J connectivity index is 1.44. The van der Waals surface area contributed by atoms with E-state index in [-0.39, 0.29) is 16.4 Å². The molecule has 1 aromatic carbocycles. The van der Waals surface area contributed by atoms with Gasteiger partial charge in [-0.25, -0.2) is 4.98 Å². The van der Waals surface area contributed by atoms with Gasteiger partial charge in [0, 0.05) is 18.7 Å². The molecule has 7 heteroatoms. The van der Waals surface area contributed by atoms with E-state index in [0.717, 1.165) is 55.6 Å². The topological polar surface area (TPSA) is 74.1 Å². The molecule has 1 aliphatic carbocycles. The summed E-state index contributed by atoms with van der Waals surface area (Å²) in [7, 11) is 2.18. The first-order valence-corrected chi connectivity index (χ1v) is 13.4. The fourth-order valence-corrected chi connectivity index (χ4v) is 6.53. The zero-order chi connectivity index (χ0) is 25.5. The maximum Gasteiger partial charge on any atom is 0.257 e. The molecule has 192 valence electrons. The number of pyridine rings is 1. The number of rotatable bonds is 5. The number of benzene rings is 1. The molecule has 1 fully saturated rings. The van der Waals surface area contributed by atoms with Crippen molar-refractivity contribution in [2.45, 2.75) is 77.5 Å². The van der Waals surface area contributed by atoms with Crippen LogP contribution in [-0.2, 0) is 19.5 Å². The van der Waals surface area contributed by atoms with Crippen molar-refractivity contribution in [1.82, 2.24) is 19.4 Å². The lowest BCUT2D eigenvalue weighted by Crippen LogP contribution is -2.70. The molecule has 2 aliphatic rings. The minimum absolute atomic E-state index is 0.0179. The summed E-state index contributed by atoms with van der Waals surface area (Å²) in [5.41, 5.74) is 4.27. The van der Waals surface area contributed by atoms with E-state index in [4.69, 9.17) is 9.97 Å². The number of hydrogen-bond acceptors (Lipinski definition) is 5. The van der Waals surface area contributed by atoms with Gasteiger partial charge >= 0.3 is 0 Å². The number of quaternary nitrogens is 1. The summed E-state index contributed by atoms with van der Waals surface area (Å²) in [4.78, 5) is 24.6. The maximum atomic E-state index is 12.4. The molecule has 1 unspecified atom stereocenters. The van der Waals surface area contributed by atoms with Crippen molar-refractivity contribution >= 4 is 17.1 Å². The maximum absolute atomic E-state index is 12.4. The van der Waals surface area contributed by atoms with E-state index < -0.39 is 11.6 Å². The van der Waals surface area contributed by atoms with Crippen LogP contribution < -0.4 is 5.11 Å². The van der Waals surface area contributed by atoms with Gasteiger partial charge < -0.3 is 14.5 Å². The van der Waals surface area contributed by atoms with Gasteiger partial charge in [-0.15, -0.1) is 0 Å². The molecule has 0 saturated carbocycles. The van der Waals surface area contributed by atoms with Crippen LogP contribution in [0.2, 0.25) is 0 Å². The summed E-state index contributed by atoms with van der Waals surface area (Å²) in [5, 5.41) is 12.4. The molecule has 3 heterocycles. The molecule has 1 aliphatic heterocycles. The van der Waals surface area contributed by atoms with E-state index >= 15 is 0 Å². The lowest BCUT2D eigenvalue weighted by atomic mass is 9.89. The molecule has 0 bridgehead atoms. The van der Waals surface area contributed by atoms with Crippen LogP contribution in [0.5, 0.6) is 0 Å². The molecular formula is C29H39N5O2. The van der Waals surface area contributed by atoms with Crippen LogP contribution in [0.3, 0.4) is 0 Å². The third-order valence-corrected chi connectivity index (χ3v) is 8.62. The lowest BCUT2D eigenvalue weighted by Gasteiger charge is -2.52. The van der Waals surface area contributed by atoms with Crippen molar-refractivity contribution in [3.63, 3.8) is 0 Å². The second-order valence-corrected chi connectivity index (χ2v) is 11.8. The van der Waals surface area contributed by atoms with Crippen molar-refractivity contribution < 1.29 is 14.4 Å². The fourth-order valence-electron chi connectivity index (χ4n) is 6.53. The fraction of sp³-hybridized carbons (Fsp3) is 0.552. The highest BCUT2D eigenvalue weighted by Gasteiger charge is 2.46. The van der Waals surface area contributed by atoms with Crippen molar-refractivity contribution in [1.29, 1.82) is 0 Å². The summed E-state index contributed by atoms with van der Waals surface area (Å²) < 4.78 is 2.36. The summed E-state index contributed by atoms with van der Waals surface area (Å²) in [6.07, 6.45) is 6.22. The predicted molar refractivity (Wildman–Crippen MR) is 139 cm³/mol. The van der Waals surface area contributed by atoms with Crippen molar-refractivity contribution in [2.75, 3.05) is 20.1 Å². The summed E-state index contributed by atoms with van der Waals surface area (Å²) in [5.74, 6) is 1.28. The number of aryl methyl sites for hydroxylation is 1. The molecule has 3 atom stereocenters. The van der Waals surface area contributed by atoms with Gasteiger partial charge in [0.05, 0.1) is 47.9 Å². The molecule has 1 saturated heterocycles. The molecule has 5 rings (SSSR count). The highest BCUT2D eigenvalue weighted by molar-refractivity contribution is 5.75. The number of carboxylic acid groups (broad SMARTS) is 1. The van der Waals surface area contributed by atoms with Gasteiger partial charge in [-0.05, 0) is 83.7 Å². The van der Waals surface area contributed by atoms with Crippen LogP contribution in [0, 0.1) is 5.92 Å². The van der Waals surface area contributed by atoms with Gasteiger partial charge in [-0.1, -0.05) is 18.2 Å². The smallest absolute Gasteiger partial charge is 0.257 e. The zero-order valence-electron chi connectivity index (χ0n) is 22.1. The quantitative estimate of drug-likeness (QED) is 0.500. The SMILES string of the molecule is CN(Cc1nc2ccccc2n1C[C@@H]1CCC[N+](C(=O)[O-])(C(C)(C)C)C1)[C@H]1CCCc2cccnc21. The lowest BCUT2D eigenvalue weighted by molar-refractivity contribution is -0.927. The molecule has 36 heavy (non-hydrogen) atoms. The van der Waals surface area contributed by atoms with Crippen molar-refractivity contribution in [3.8, 4) is 0 Å². The Labute approximate surface area is 214 Å². The molecule has 7 nitrogen and oxygen atoms in total. The summed E-state index contributed by atoms with van der Waals surface area (Å²) in [6, 6.07) is 12.8. The zero-order valence-corrected chi connectivity index (χ0v) is 22.1. The number of hydrogen-bond donors (Lipinski definition) is 0. The monoisotopic (exact) mass is 489 g/mol. The van der Waals surface area contributed by atoms with Crippen LogP contribution in [0.4, 0.5) is 4.79 Å². The predicted octanol–water partition coefficient (Wildman–Crippen LogP) is 4.31. The number of para-hydroxylation sites is 2. The first-order valence-electron chi connectivity index (χ1n) is 13.4. The average Bonchev–Trinajstić information content (AvgIpc) is 3.19. The van der Waals surface area contributed by atoms with Crippen LogP contribution in [-0.4, -0.2) is 55.7 Å². The molecule has 0 radical (unpaired) electrons. The highest BCUT2D eigenvalue weighted by Crippen LogP contribution is 2.35. The van der Waals surface area contributed by atoms with Gasteiger partial charge in [0.1, 0.15) is 5.82 Å². The first-order chi connectivity index (χ1) is 17.2. The minimum atomic E-state index is -0.953. The molecule has 0 N–H and O–H groups in total. The third kappa shape index (κ3) is 4.43. The van der Waals surface area contributed by atoms with Crippen LogP contribution in [0.1, 0.15) is 69.6 Å². The van der Waals surface area contributed by atoms with E-state index in [1.54, 1.807) is 0 Å². The Morgan fingerprint density at radius 2 is 1.97 bits per heavy atom. The van der Waals surface area contributed by atoms with Gasteiger partial charge in [-0.2, -0.15) is 0 Å². The van der Waals surface area contributed by atoms with E-state index in [0.29, 0.717) is 13.1 Å². The number of fused-ring (bicyclic) bond motifs is 2. The third-order valence-electron chi connectivity index (χ3n) is 8.62. The van der Waals surface area contributed by atoms with E-state index in [1.165, 1.54) is 17.7 Å². The van der Waals surface area contributed by atoms with E-state index in [2.05, 4.69) is 40.8 Å². The Morgan fingerprint density at radius 1 is 1.17 bits per heavy atom. The average molecular weight is 490 g/mol. The summed E-state index contributed by atoms with van der Waals surface area (Å²) >= 11 is 0. The van der Waals surface area contributed by atoms with Crippen molar-refractivity contribution in [2.24, 2.45) is 5.92 Å². The molecule has 0 spiro atoms. The van der Waals surface area contributed by atoms with Gasteiger partial charge in [-0.3, -0.25) is 14.4 Å². The second-order valence-electron chi connectivity index (χ2n) is 11.8. The molecular weight excluding hydrogens is 450 g/mol. The Hall–Kier alpha value is -2.77. The number of likely N-dealkylation sites (tertiary alicyclic amines) is 1. The Kier molecular flexibility index (Phi) is 6.64. The minimum Gasteiger partial charge on any atom is -0.498 e. The molecule has 3 aromatic rings. The van der Waals surface area contributed by atoms with Crippen molar-refractivity contribution in [3.05, 3.63) is 59.7 Å². The normalized spacial score (nSPS) is 24.7. The number of carbonyl (C=O) groups is 1. The van der Waals surface area contributed by atoms with E-state index in [1.807, 2.05) is 39.1 Å². The number of carbonyl (C=O) groups excluding carboxylic acids is 1. The largest absolute Gasteiger partial charge is 0.498 e. The Bertz CT molecular complexity index is 1250. The number of imidazole rings is 1. The van der Waals surface area contributed by atoms with E-state index in [9.17, 15) is 9.90 Å².